The molecule has 0 saturated heterocycles. The van der Waals surface area contributed by atoms with E-state index < -0.39 is 0 Å². The Morgan fingerprint density at radius 1 is 1.00 bits per heavy atom. The molecule has 2 unspecified atom stereocenters. The van der Waals surface area contributed by atoms with Gasteiger partial charge in [0.2, 0.25) is 0 Å². The normalized spacial score (nSPS) is 24.6. The molecule has 3 rings (SSSR count). The molecule has 98 valence electrons. The lowest BCUT2D eigenvalue weighted by Gasteiger charge is -2.23. The van der Waals surface area contributed by atoms with Crippen LogP contribution in [0.1, 0.15) is 5.56 Å². The fourth-order valence-electron chi connectivity index (χ4n) is 2.43. The van der Waals surface area contributed by atoms with Crippen LogP contribution >= 0.6 is 0 Å². The molecule has 0 spiro atoms. The number of ether oxygens (including phenoxy) is 3. The Labute approximate surface area is 112 Å². The van der Waals surface area contributed by atoms with Gasteiger partial charge in [-0.05, 0) is 12.2 Å². The summed E-state index contributed by atoms with van der Waals surface area (Å²) >= 11 is 0. The molecule has 19 heavy (non-hydrogen) atoms. The molecule has 3 heteroatoms. The predicted molar refractivity (Wildman–Crippen MR) is 73.0 cm³/mol. The monoisotopic (exact) mass is 256 g/mol. The van der Waals surface area contributed by atoms with Crippen LogP contribution in [-0.2, 0) is 14.2 Å². The summed E-state index contributed by atoms with van der Waals surface area (Å²) in [6.07, 6.45) is 5.97. The Hall–Kier alpha value is -2.16. The average molecular weight is 256 g/mol. The maximum atomic E-state index is 6.02. The topological polar surface area (TPSA) is 27.7 Å². The molecule has 1 aliphatic heterocycles. The van der Waals surface area contributed by atoms with Crippen molar-refractivity contribution in [2.75, 3.05) is 14.2 Å². The number of rotatable bonds is 3. The third kappa shape index (κ3) is 2.12. The van der Waals surface area contributed by atoms with Crippen molar-refractivity contribution in [1.29, 1.82) is 0 Å². The van der Waals surface area contributed by atoms with Crippen molar-refractivity contribution in [3.05, 3.63) is 65.6 Å². The van der Waals surface area contributed by atoms with Gasteiger partial charge in [-0.1, -0.05) is 30.3 Å². The van der Waals surface area contributed by atoms with Gasteiger partial charge in [0.25, 0.3) is 0 Å². The van der Waals surface area contributed by atoms with Gasteiger partial charge in [0, 0.05) is 17.6 Å². The summed E-state index contributed by atoms with van der Waals surface area (Å²) in [7, 11) is 3.32. The number of hydrogen-bond acceptors (Lipinski definition) is 3. The van der Waals surface area contributed by atoms with Crippen LogP contribution in [0.25, 0.3) is 5.76 Å². The van der Waals surface area contributed by atoms with Crippen LogP contribution in [0, 0.1) is 5.92 Å². The highest BCUT2D eigenvalue weighted by Crippen LogP contribution is 2.38. The summed E-state index contributed by atoms with van der Waals surface area (Å²) in [5.41, 5.74) is 1.08. The Morgan fingerprint density at radius 3 is 2.47 bits per heavy atom. The minimum Gasteiger partial charge on any atom is -0.497 e. The van der Waals surface area contributed by atoms with E-state index in [1.165, 1.54) is 0 Å². The second-order valence-electron chi connectivity index (χ2n) is 4.54. The van der Waals surface area contributed by atoms with Gasteiger partial charge in [-0.3, -0.25) is 0 Å². The minimum atomic E-state index is -0.0842. The Balaban J connectivity index is 1.92. The molecular formula is C16H16O3. The maximum Gasteiger partial charge on any atom is 0.165 e. The molecule has 1 aromatic rings. The Kier molecular flexibility index (Phi) is 3.03. The van der Waals surface area contributed by atoms with Gasteiger partial charge in [0.15, 0.2) is 6.10 Å². The van der Waals surface area contributed by atoms with E-state index in [9.17, 15) is 0 Å². The van der Waals surface area contributed by atoms with Crippen molar-refractivity contribution < 1.29 is 14.2 Å². The standard InChI is InChI=1S/C16H16O3/c1-17-13-8-12-9-14(11-6-4-3-5-7-11)19-16(12)15(10-13)18-2/h3-10,12,16H,1-2H3. The van der Waals surface area contributed by atoms with Crippen molar-refractivity contribution in [2.45, 2.75) is 6.10 Å². The first-order chi connectivity index (χ1) is 9.31. The fourth-order valence-corrected chi connectivity index (χ4v) is 2.43. The van der Waals surface area contributed by atoms with E-state index >= 15 is 0 Å². The molecule has 0 fully saturated rings. The number of hydrogen-bond donors (Lipinski definition) is 0. The number of methoxy groups -OCH3 is 2. The average Bonchev–Trinajstić information content (AvgIpc) is 2.91. The van der Waals surface area contributed by atoms with Gasteiger partial charge in [0.05, 0.1) is 14.2 Å². The van der Waals surface area contributed by atoms with Gasteiger partial charge < -0.3 is 14.2 Å². The van der Waals surface area contributed by atoms with Crippen LogP contribution < -0.4 is 0 Å². The molecule has 0 N–H and O–H groups in total. The third-order valence-corrected chi connectivity index (χ3v) is 3.40. The molecule has 0 bridgehead atoms. The van der Waals surface area contributed by atoms with E-state index in [4.69, 9.17) is 14.2 Å². The summed E-state index contributed by atoms with van der Waals surface area (Å²) in [6.45, 7) is 0. The highest BCUT2D eigenvalue weighted by Gasteiger charge is 2.35. The van der Waals surface area contributed by atoms with Crippen LogP contribution in [0.3, 0.4) is 0 Å². The third-order valence-electron chi connectivity index (χ3n) is 3.40. The van der Waals surface area contributed by atoms with Gasteiger partial charge in [-0.2, -0.15) is 0 Å². The van der Waals surface area contributed by atoms with Crippen LogP contribution in [0.4, 0.5) is 0 Å². The summed E-state index contributed by atoms with van der Waals surface area (Å²) in [5, 5.41) is 0. The maximum absolute atomic E-state index is 6.02. The smallest absolute Gasteiger partial charge is 0.165 e. The SMILES string of the molecule is COC1=CC2C=C(c3ccccc3)OC2C(OC)=C1. The van der Waals surface area contributed by atoms with Crippen LogP contribution in [0.15, 0.2) is 60.1 Å². The van der Waals surface area contributed by atoms with E-state index in [2.05, 4.69) is 12.2 Å². The summed E-state index contributed by atoms with van der Waals surface area (Å²) in [5.74, 6) is 2.66. The quantitative estimate of drug-likeness (QED) is 0.831. The Bertz CT molecular complexity index is 555. The molecule has 1 aliphatic carbocycles. The van der Waals surface area contributed by atoms with Crippen LogP contribution in [-0.4, -0.2) is 20.3 Å². The first-order valence-electron chi connectivity index (χ1n) is 6.27. The molecule has 1 heterocycles. The summed E-state index contributed by atoms with van der Waals surface area (Å²) in [4.78, 5) is 0. The number of benzene rings is 1. The van der Waals surface area contributed by atoms with Gasteiger partial charge in [-0.15, -0.1) is 0 Å². The molecule has 0 saturated carbocycles. The van der Waals surface area contributed by atoms with E-state index in [0.29, 0.717) is 0 Å². The molecular weight excluding hydrogens is 240 g/mol. The second-order valence-corrected chi connectivity index (χ2v) is 4.54. The minimum absolute atomic E-state index is 0.0842. The molecule has 2 aliphatic rings. The van der Waals surface area contributed by atoms with Crippen molar-refractivity contribution in [2.24, 2.45) is 5.92 Å². The zero-order valence-corrected chi connectivity index (χ0v) is 11.0. The van der Waals surface area contributed by atoms with Crippen LogP contribution in [0.5, 0.6) is 0 Å². The summed E-state index contributed by atoms with van der Waals surface area (Å²) < 4.78 is 16.7. The van der Waals surface area contributed by atoms with Crippen molar-refractivity contribution in [1.82, 2.24) is 0 Å². The molecule has 3 nitrogen and oxygen atoms in total. The van der Waals surface area contributed by atoms with E-state index in [-0.39, 0.29) is 12.0 Å². The van der Waals surface area contributed by atoms with Gasteiger partial charge in [-0.25, -0.2) is 0 Å². The Morgan fingerprint density at radius 2 is 1.79 bits per heavy atom. The van der Waals surface area contributed by atoms with Gasteiger partial charge in [0.1, 0.15) is 17.3 Å². The van der Waals surface area contributed by atoms with Crippen LogP contribution in [0.2, 0.25) is 0 Å². The lowest BCUT2D eigenvalue weighted by Crippen LogP contribution is -2.23. The zero-order valence-electron chi connectivity index (χ0n) is 11.0. The van der Waals surface area contributed by atoms with Crippen molar-refractivity contribution >= 4 is 5.76 Å². The number of allylic oxidation sites excluding steroid dienone is 1. The lowest BCUT2D eigenvalue weighted by molar-refractivity contribution is 0.116. The zero-order chi connectivity index (χ0) is 13.2. The van der Waals surface area contributed by atoms with E-state index in [1.807, 2.05) is 36.4 Å². The number of fused-ring (bicyclic) bond motifs is 1. The molecule has 0 aromatic heterocycles. The largest absolute Gasteiger partial charge is 0.497 e. The molecule has 0 radical (unpaired) electrons. The van der Waals surface area contributed by atoms with E-state index in [1.54, 1.807) is 14.2 Å². The fraction of sp³-hybridized carbons (Fsp3) is 0.250. The van der Waals surface area contributed by atoms with Crippen molar-refractivity contribution in [3.8, 4) is 0 Å². The first kappa shape index (κ1) is 11.9. The van der Waals surface area contributed by atoms with Gasteiger partial charge >= 0.3 is 0 Å². The molecule has 1 aromatic carbocycles. The van der Waals surface area contributed by atoms with Crippen molar-refractivity contribution in [3.63, 3.8) is 0 Å². The lowest BCUT2D eigenvalue weighted by atomic mass is 9.96. The summed E-state index contributed by atoms with van der Waals surface area (Å²) in [6, 6.07) is 10.1. The predicted octanol–water partition coefficient (Wildman–Crippen LogP) is 3.12. The highest BCUT2D eigenvalue weighted by atomic mass is 16.5. The molecule has 0 amide bonds. The van der Waals surface area contributed by atoms with E-state index in [0.717, 1.165) is 22.8 Å². The first-order valence-corrected chi connectivity index (χ1v) is 6.27. The second kappa shape index (κ2) is 4.84. The highest BCUT2D eigenvalue weighted by molar-refractivity contribution is 5.63. The molecule has 2 atom stereocenters.